The summed E-state index contributed by atoms with van der Waals surface area (Å²) in [6, 6.07) is 17.9. The summed E-state index contributed by atoms with van der Waals surface area (Å²) in [5, 5.41) is 18.7. The Bertz CT molecular complexity index is 4590. The minimum Gasteiger partial charge on any atom is -0.494 e. The number of aliphatic hydroxyl groups is 1. The Hall–Kier alpha value is -9.62. The summed E-state index contributed by atoms with van der Waals surface area (Å²) in [6.45, 7) is 15.2. The Balaban J connectivity index is 0.000000186. The number of hydrogen-bond acceptors (Lipinski definition) is 20. The number of carboxylic acids is 1. The van der Waals surface area contributed by atoms with Crippen LogP contribution in [0.2, 0.25) is 5.02 Å². The topological polar surface area (TPSA) is 340 Å². The van der Waals surface area contributed by atoms with Gasteiger partial charge in [0.05, 0.1) is 136 Å². The maximum absolute atomic E-state index is 14.8. The Kier molecular flexibility index (Phi) is 27.0. The summed E-state index contributed by atoms with van der Waals surface area (Å²) in [7, 11) is 3.59. The Morgan fingerprint density at radius 1 is 0.778 bits per heavy atom. The van der Waals surface area contributed by atoms with Crippen molar-refractivity contribution in [1.29, 1.82) is 0 Å². The molecule has 4 N–H and O–H groups in total. The number of carboxylic acid groups (broad SMARTS) is 1. The Morgan fingerprint density at radius 3 is 2.04 bits per heavy atom. The Morgan fingerprint density at radius 2 is 1.43 bits per heavy atom. The molecule has 10 atom stereocenters. The SMILES string of the molecule is COC(=O)c1c[nH]c(C=O)c1.COC(=O)c1cc(C=O)n(C[C@H](C)O)c1.COC(=O)c1cc2n(c1)C[C@H](C)OC2.COc1c(C(=O)NS2(=O)=NC(=O)c3ccc4c(c3)N(C[C@@H]3CC[C@H]3[C@@H](OC)/C=C/C[C@H](C)C2)C[C@@]2(CCCc3cc(Cl)ccc32)CO4)cn2c1CO[C@@H](C)C2.C[C@H]1Cn2cc(C(=O)O)cc2CO1. The average Bonchev–Trinajstić information content (AvgIpc) is 1.44. The normalized spacial score (nSPS) is 23.6. The first-order chi connectivity index (χ1) is 51.7. The van der Waals surface area contributed by atoms with Crippen LogP contribution in [0.1, 0.15) is 178 Å². The van der Waals surface area contributed by atoms with E-state index in [9.17, 15) is 47.7 Å². The molecule has 1 spiro atoms. The van der Waals surface area contributed by atoms with Gasteiger partial charge in [0, 0.05) is 105 Å². The van der Waals surface area contributed by atoms with E-state index in [0.29, 0.717) is 109 Å². The van der Waals surface area contributed by atoms with E-state index in [1.54, 1.807) is 38.6 Å². The standard InChI is InChI=1S/C42H51ClN4O7S.C10H13NO4.C10H13NO3.C9H11NO3.C7H7NO3/c1-26-7-5-9-37(51-3)32-13-10-30(32)20-47-24-42(16-6-8-28-17-31(43)12-14-34(28)42)25-54-38-15-11-29(18-35(38)47)40(48)44-55(50,23-26)45-41(49)33-21-46-19-27(2)53-22-36(46)39(33)52-4;1-7(13)4-11-5-8(10(14)15-2)3-9(11)6-12;1-7-4-11-5-8(10(12)13-2)3-9(11)6-14-7;1-6-3-10-4-7(9(11)12)2-8(10)5-13-6;1-11-7(10)5-2-6(4-9)8-3-5/h5,9,11-12,14-15,17-18,21,26-27,30,32,37H,6-8,10,13,16,19-20,22-25H2,1-4H3,(H,44,45,48,49,50);3,5-7,13H,4H2,1-2H3;3,5,7H,4,6H2,1-2H3;2,4,6H,3,5H2,1H3,(H,11,12);2-4,8H,1H3/b9-5+;;;;/t26-,27-,30-,32+,37-,42-,55?;2*7-;6-;/m0000./s1. The minimum absolute atomic E-state index is 0.0271. The summed E-state index contributed by atoms with van der Waals surface area (Å²) < 4.78 is 78.0. The molecule has 7 aromatic rings. The molecule has 7 aliphatic rings. The molecule has 2 aliphatic carbocycles. The number of esters is 3. The van der Waals surface area contributed by atoms with Crippen LogP contribution in [0.4, 0.5) is 5.69 Å². The number of hydrogen-bond donors (Lipinski definition) is 4. The molecular weight excluding hydrogens is 1440 g/mol. The number of halogens is 1. The molecule has 5 aliphatic heterocycles. The van der Waals surface area contributed by atoms with Gasteiger partial charge >= 0.3 is 23.9 Å². The third-order valence-corrected chi connectivity index (χ3v) is 22.3. The fraction of sp³-hybridized carbons (Fsp3) is 0.462. The lowest BCUT2D eigenvalue weighted by Crippen LogP contribution is -2.49. The molecule has 2 bridgehead atoms. The van der Waals surface area contributed by atoms with Gasteiger partial charge in [-0.05, 0) is 150 Å². The monoisotopic (exact) mass is 1530 g/mol. The number of aromatic carboxylic acids is 1. The molecular formula is C78H95ClN8O20S. The third kappa shape index (κ3) is 19.4. The van der Waals surface area contributed by atoms with E-state index in [0.717, 1.165) is 79.5 Å². The number of aliphatic hydroxyl groups excluding tert-OH is 1. The predicted molar refractivity (Wildman–Crippen MR) is 399 cm³/mol. The van der Waals surface area contributed by atoms with Crippen LogP contribution in [0, 0.1) is 17.8 Å². The molecule has 108 heavy (non-hydrogen) atoms. The lowest BCUT2D eigenvalue weighted by molar-refractivity contribution is 0.0131. The van der Waals surface area contributed by atoms with E-state index in [-0.39, 0.29) is 71.7 Å². The number of aryl methyl sites for hydroxylation is 1. The van der Waals surface area contributed by atoms with Gasteiger partial charge in [0.15, 0.2) is 18.3 Å². The molecule has 1 unspecified atom stereocenters. The van der Waals surface area contributed by atoms with Gasteiger partial charge in [-0.25, -0.2) is 23.4 Å². The van der Waals surface area contributed by atoms with Gasteiger partial charge in [0.25, 0.3) is 11.8 Å². The molecule has 580 valence electrons. The van der Waals surface area contributed by atoms with Crippen LogP contribution in [0.15, 0.2) is 108 Å². The van der Waals surface area contributed by atoms with Crippen molar-refractivity contribution in [1.82, 2.24) is 28.0 Å². The number of ether oxygens (including phenoxy) is 9. The molecule has 10 heterocycles. The van der Waals surface area contributed by atoms with Gasteiger partial charge in [-0.3, -0.25) is 23.9 Å². The average molecular weight is 1530 g/mol. The smallest absolute Gasteiger partial charge is 0.339 e. The summed E-state index contributed by atoms with van der Waals surface area (Å²) in [5.41, 5.74) is 8.57. The van der Waals surface area contributed by atoms with E-state index in [1.165, 1.54) is 68.7 Å². The maximum atomic E-state index is 14.8. The number of amides is 2. The zero-order valence-corrected chi connectivity index (χ0v) is 63.9. The van der Waals surface area contributed by atoms with Crippen LogP contribution in [-0.4, -0.2) is 177 Å². The van der Waals surface area contributed by atoms with E-state index in [1.807, 2.05) is 71.9 Å². The van der Waals surface area contributed by atoms with Gasteiger partial charge in [-0.2, -0.15) is 0 Å². The summed E-state index contributed by atoms with van der Waals surface area (Å²) in [5.74, 6) is -1.86. The highest BCUT2D eigenvalue weighted by Gasteiger charge is 2.45. The molecule has 0 saturated heterocycles. The fourth-order valence-corrected chi connectivity index (χ4v) is 16.6. The summed E-state index contributed by atoms with van der Waals surface area (Å²) >= 11 is 6.48. The number of allylic oxidation sites excluding steroid dienone is 1. The van der Waals surface area contributed by atoms with E-state index < -0.39 is 45.7 Å². The lowest BCUT2D eigenvalue weighted by Gasteiger charge is -2.46. The number of methoxy groups -OCH3 is 5. The molecule has 28 nitrogen and oxygen atoms in total. The van der Waals surface area contributed by atoms with Crippen molar-refractivity contribution in [3.05, 3.63) is 182 Å². The number of aromatic amines is 1. The van der Waals surface area contributed by atoms with Gasteiger partial charge in [-0.15, -0.1) is 4.36 Å². The third-order valence-electron chi connectivity index (χ3n) is 20.1. The highest BCUT2D eigenvalue weighted by Crippen LogP contribution is 2.47. The minimum atomic E-state index is -3.62. The largest absolute Gasteiger partial charge is 0.494 e. The number of H-pyrrole nitrogens is 1. The molecule has 30 heteroatoms. The molecule has 0 radical (unpaired) electrons. The van der Waals surface area contributed by atoms with E-state index in [4.69, 9.17) is 45.1 Å². The van der Waals surface area contributed by atoms with Crippen molar-refractivity contribution < 1.29 is 95.4 Å². The van der Waals surface area contributed by atoms with Crippen LogP contribution < -0.4 is 19.1 Å². The van der Waals surface area contributed by atoms with Crippen molar-refractivity contribution >= 4 is 75.5 Å². The number of carbonyl (C=O) groups is 8. The van der Waals surface area contributed by atoms with Crippen molar-refractivity contribution in [2.45, 2.75) is 155 Å². The van der Waals surface area contributed by atoms with Crippen LogP contribution in [-0.2, 0) is 101 Å². The van der Waals surface area contributed by atoms with Crippen molar-refractivity contribution in [2.24, 2.45) is 22.1 Å². The second kappa shape index (κ2) is 36.1. The maximum Gasteiger partial charge on any atom is 0.339 e. The van der Waals surface area contributed by atoms with Crippen molar-refractivity contribution in [3.63, 3.8) is 0 Å². The number of anilines is 1. The predicted octanol–water partition coefficient (Wildman–Crippen LogP) is 10.5. The number of aldehydes is 2. The van der Waals surface area contributed by atoms with Crippen molar-refractivity contribution in [3.8, 4) is 11.5 Å². The van der Waals surface area contributed by atoms with Crippen LogP contribution in [0.25, 0.3) is 0 Å². The number of aromatic nitrogens is 5. The first-order valence-electron chi connectivity index (χ1n) is 35.8. The number of carbonyl (C=O) groups excluding carboxylic acids is 7. The molecule has 14 rings (SSSR count). The number of nitrogens with zero attached hydrogens (tertiary/aromatic N) is 6. The second-order valence-corrected chi connectivity index (χ2v) is 30.6. The lowest BCUT2D eigenvalue weighted by atomic mass is 9.68. The molecule has 1 saturated carbocycles. The molecule has 2 amide bonds. The first kappa shape index (κ1) is 80.9. The van der Waals surface area contributed by atoms with Crippen LogP contribution in [0.5, 0.6) is 11.5 Å². The van der Waals surface area contributed by atoms with E-state index in [2.05, 4.69) is 57.5 Å². The van der Waals surface area contributed by atoms with Crippen molar-refractivity contribution in [2.75, 3.05) is 65.9 Å². The molecule has 5 aromatic heterocycles. The van der Waals surface area contributed by atoms with Crippen LogP contribution >= 0.6 is 11.6 Å². The summed E-state index contributed by atoms with van der Waals surface area (Å²) in [4.78, 5) is 97.8. The zero-order valence-electron chi connectivity index (χ0n) is 62.3. The second-order valence-electron chi connectivity index (χ2n) is 28.2. The number of fused-ring (bicyclic) bond motifs is 7. The number of rotatable bonds is 12. The summed E-state index contributed by atoms with van der Waals surface area (Å²) in [6.07, 6.45) is 18.9. The number of benzene rings is 2. The van der Waals surface area contributed by atoms with Gasteiger partial charge in [-0.1, -0.05) is 36.7 Å². The molecule has 2 aromatic carbocycles. The first-order valence-corrected chi connectivity index (χ1v) is 37.8. The van der Waals surface area contributed by atoms with Gasteiger partial charge in [0.1, 0.15) is 21.2 Å². The van der Waals surface area contributed by atoms with Gasteiger partial charge < -0.3 is 81.0 Å². The highest BCUT2D eigenvalue weighted by atomic mass is 35.5. The van der Waals surface area contributed by atoms with Crippen LogP contribution in [0.3, 0.4) is 0 Å². The molecule has 1 fully saturated rings. The highest BCUT2D eigenvalue weighted by molar-refractivity contribution is 7.92. The number of nitrogens with one attached hydrogen (secondary N) is 2. The zero-order chi connectivity index (χ0) is 77.7. The van der Waals surface area contributed by atoms with E-state index >= 15 is 0 Å². The Labute approximate surface area is 632 Å². The van der Waals surface area contributed by atoms with Gasteiger partial charge in [0.2, 0.25) is 0 Å². The quantitative estimate of drug-likeness (QED) is 0.0382. The fourth-order valence-electron chi connectivity index (χ4n) is 14.6.